The molecule has 1 atom stereocenters. The molecule has 0 amide bonds. The molecule has 16 heavy (non-hydrogen) atoms. The van der Waals surface area contributed by atoms with Crippen LogP contribution in [-0.4, -0.2) is 39.4 Å². The summed E-state index contributed by atoms with van der Waals surface area (Å²) in [5.41, 5.74) is 0.740. The molecule has 0 aliphatic heterocycles. The fraction of sp³-hybridized carbons (Fsp3) is 0.600. The molecule has 1 heterocycles. The zero-order chi connectivity index (χ0) is 12.1. The summed E-state index contributed by atoms with van der Waals surface area (Å²) in [6.07, 6.45) is -0.116. The monoisotopic (exact) mass is 245 g/mol. The number of hydrogen-bond acceptors (Lipinski definition) is 5. The molecule has 0 radical (unpaired) electrons. The lowest BCUT2D eigenvalue weighted by atomic mass is 10.3. The van der Waals surface area contributed by atoms with Crippen molar-refractivity contribution < 1.29 is 10.2 Å². The lowest BCUT2D eigenvalue weighted by molar-refractivity contribution is 0.105. The van der Waals surface area contributed by atoms with Crippen molar-refractivity contribution in [2.24, 2.45) is 0 Å². The van der Waals surface area contributed by atoms with Crippen molar-refractivity contribution in [2.45, 2.75) is 26.4 Å². The minimum atomic E-state index is -0.807. The number of halogens is 1. The Morgan fingerprint density at radius 3 is 2.69 bits per heavy atom. The van der Waals surface area contributed by atoms with Gasteiger partial charge in [-0.2, -0.15) is 0 Å². The predicted molar refractivity (Wildman–Crippen MR) is 62.7 cm³/mol. The van der Waals surface area contributed by atoms with Crippen LogP contribution in [0.2, 0.25) is 5.15 Å². The quantitative estimate of drug-likeness (QED) is 0.668. The molecule has 0 aromatic carbocycles. The maximum Gasteiger partial charge on any atom is 0.137 e. The van der Waals surface area contributed by atoms with Crippen molar-refractivity contribution in [2.75, 3.05) is 18.5 Å². The van der Waals surface area contributed by atoms with E-state index in [0.717, 1.165) is 5.56 Å². The van der Waals surface area contributed by atoms with Gasteiger partial charge in [0.1, 0.15) is 16.8 Å². The first-order valence-corrected chi connectivity index (χ1v) is 5.52. The molecule has 1 unspecified atom stereocenters. The van der Waals surface area contributed by atoms with Crippen molar-refractivity contribution in [3.8, 4) is 0 Å². The van der Waals surface area contributed by atoms with Crippen LogP contribution in [0.25, 0.3) is 0 Å². The Bertz CT molecular complexity index is 360. The third kappa shape index (κ3) is 3.30. The van der Waals surface area contributed by atoms with Crippen molar-refractivity contribution in [3.05, 3.63) is 16.5 Å². The number of nitrogens with one attached hydrogen (secondary N) is 1. The molecule has 6 heteroatoms. The Balaban J connectivity index is 2.82. The number of aromatic nitrogens is 2. The van der Waals surface area contributed by atoms with Crippen LogP contribution in [0.4, 0.5) is 5.82 Å². The van der Waals surface area contributed by atoms with E-state index in [9.17, 15) is 5.11 Å². The van der Waals surface area contributed by atoms with Gasteiger partial charge in [-0.15, -0.1) is 0 Å². The summed E-state index contributed by atoms with van der Waals surface area (Å²) in [5, 5.41) is 21.2. The van der Waals surface area contributed by atoms with Gasteiger partial charge in [0.2, 0.25) is 0 Å². The van der Waals surface area contributed by atoms with Gasteiger partial charge < -0.3 is 15.5 Å². The van der Waals surface area contributed by atoms with Gasteiger partial charge in [-0.25, -0.2) is 9.97 Å². The second kappa shape index (κ2) is 5.98. The van der Waals surface area contributed by atoms with Crippen LogP contribution in [0, 0.1) is 6.92 Å². The van der Waals surface area contributed by atoms with E-state index in [-0.39, 0.29) is 13.2 Å². The minimum absolute atomic E-state index is 0.230. The Labute approximate surface area is 99.5 Å². The highest BCUT2D eigenvalue weighted by Gasteiger charge is 2.09. The van der Waals surface area contributed by atoms with Gasteiger partial charge in [-0.3, -0.25) is 0 Å². The fourth-order valence-corrected chi connectivity index (χ4v) is 1.33. The average Bonchev–Trinajstić information content (AvgIpc) is 2.30. The van der Waals surface area contributed by atoms with E-state index in [1.165, 1.54) is 0 Å². The SMILES string of the molecule is CCc1nc(Cl)c(C)c(NCC(O)CO)n1. The van der Waals surface area contributed by atoms with E-state index in [1.807, 2.05) is 6.92 Å². The predicted octanol–water partition coefficient (Wildman–Crippen LogP) is 0.766. The molecule has 1 aromatic rings. The second-order valence-electron chi connectivity index (χ2n) is 3.48. The van der Waals surface area contributed by atoms with E-state index in [1.54, 1.807) is 6.92 Å². The summed E-state index contributed by atoms with van der Waals surface area (Å²) >= 11 is 5.94. The van der Waals surface area contributed by atoms with E-state index in [0.29, 0.717) is 23.2 Å². The van der Waals surface area contributed by atoms with Crippen LogP contribution in [-0.2, 0) is 6.42 Å². The summed E-state index contributed by atoms with van der Waals surface area (Å²) in [4.78, 5) is 8.36. The number of aliphatic hydroxyl groups is 2. The molecule has 0 spiro atoms. The summed E-state index contributed by atoms with van der Waals surface area (Å²) in [6, 6.07) is 0. The molecule has 0 bridgehead atoms. The van der Waals surface area contributed by atoms with Gasteiger partial charge in [0.05, 0.1) is 12.7 Å². The van der Waals surface area contributed by atoms with Gasteiger partial charge in [0.15, 0.2) is 0 Å². The molecule has 0 aliphatic rings. The molecule has 0 fully saturated rings. The van der Waals surface area contributed by atoms with Crippen molar-refractivity contribution in [1.82, 2.24) is 9.97 Å². The number of hydrogen-bond donors (Lipinski definition) is 3. The highest BCUT2D eigenvalue weighted by Crippen LogP contribution is 2.19. The summed E-state index contributed by atoms with van der Waals surface area (Å²) < 4.78 is 0. The Morgan fingerprint density at radius 2 is 2.12 bits per heavy atom. The molecule has 3 N–H and O–H groups in total. The Hall–Kier alpha value is -0.910. The molecule has 90 valence electrons. The second-order valence-corrected chi connectivity index (χ2v) is 3.83. The van der Waals surface area contributed by atoms with Crippen molar-refractivity contribution in [3.63, 3.8) is 0 Å². The highest BCUT2D eigenvalue weighted by molar-refractivity contribution is 6.30. The van der Waals surface area contributed by atoms with Gasteiger partial charge in [-0.05, 0) is 6.92 Å². The summed E-state index contributed by atoms with van der Waals surface area (Å²) in [6.45, 7) is 3.68. The van der Waals surface area contributed by atoms with E-state index >= 15 is 0 Å². The molecule has 1 rings (SSSR count). The molecule has 1 aromatic heterocycles. The van der Waals surface area contributed by atoms with Gasteiger partial charge in [-0.1, -0.05) is 18.5 Å². The van der Waals surface area contributed by atoms with Crippen LogP contribution >= 0.6 is 11.6 Å². The topological polar surface area (TPSA) is 78.3 Å². The minimum Gasteiger partial charge on any atom is -0.394 e. The van der Waals surface area contributed by atoms with Crippen molar-refractivity contribution >= 4 is 17.4 Å². The number of nitrogens with zero attached hydrogens (tertiary/aromatic N) is 2. The highest BCUT2D eigenvalue weighted by atomic mass is 35.5. The summed E-state index contributed by atoms with van der Waals surface area (Å²) in [5.74, 6) is 1.25. The first-order valence-electron chi connectivity index (χ1n) is 5.14. The summed E-state index contributed by atoms with van der Waals surface area (Å²) in [7, 11) is 0. The van der Waals surface area contributed by atoms with Crippen molar-refractivity contribution in [1.29, 1.82) is 0 Å². The van der Waals surface area contributed by atoms with Crippen LogP contribution in [0.15, 0.2) is 0 Å². The molecule has 0 saturated carbocycles. The fourth-order valence-electron chi connectivity index (χ4n) is 1.14. The zero-order valence-electron chi connectivity index (χ0n) is 9.37. The Morgan fingerprint density at radius 1 is 1.44 bits per heavy atom. The number of aliphatic hydroxyl groups excluding tert-OH is 2. The normalized spacial score (nSPS) is 12.6. The third-order valence-corrected chi connectivity index (χ3v) is 2.53. The van der Waals surface area contributed by atoms with E-state index in [2.05, 4.69) is 15.3 Å². The molecular formula is C10H16ClN3O2. The van der Waals surface area contributed by atoms with E-state index < -0.39 is 6.10 Å². The van der Waals surface area contributed by atoms with Crippen LogP contribution in [0.5, 0.6) is 0 Å². The first kappa shape index (κ1) is 13.2. The lowest BCUT2D eigenvalue weighted by Gasteiger charge is -2.13. The third-order valence-electron chi connectivity index (χ3n) is 2.16. The molecular weight excluding hydrogens is 230 g/mol. The van der Waals surface area contributed by atoms with Crippen LogP contribution in [0.3, 0.4) is 0 Å². The van der Waals surface area contributed by atoms with Gasteiger partial charge in [0.25, 0.3) is 0 Å². The van der Waals surface area contributed by atoms with Crippen LogP contribution < -0.4 is 5.32 Å². The first-order chi connectivity index (χ1) is 7.58. The number of aryl methyl sites for hydroxylation is 1. The molecule has 0 aliphatic carbocycles. The average molecular weight is 246 g/mol. The maximum atomic E-state index is 9.22. The molecule has 0 saturated heterocycles. The van der Waals surface area contributed by atoms with Crippen LogP contribution in [0.1, 0.15) is 18.3 Å². The largest absolute Gasteiger partial charge is 0.394 e. The number of anilines is 1. The van der Waals surface area contributed by atoms with E-state index in [4.69, 9.17) is 16.7 Å². The maximum absolute atomic E-state index is 9.22. The Kier molecular flexibility index (Phi) is 4.92. The smallest absolute Gasteiger partial charge is 0.137 e. The van der Waals surface area contributed by atoms with Gasteiger partial charge in [0, 0.05) is 18.5 Å². The van der Waals surface area contributed by atoms with Gasteiger partial charge >= 0.3 is 0 Å². The lowest BCUT2D eigenvalue weighted by Crippen LogP contribution is -2.24. The standard InChI is InChI=1S/C10H16ClN3O2/c1-3-8-13-9(11)6(2)10(14-8)12-4-7(16)5-15/h7,15-16H,3-5H2,1-2H3,(H,12,13,14). The molecule has 5 nitrogen and oxygen atoms in total. The number of rotatable bonds is 5. The zero-order valence-corrected chi connectivity index (χ0v) is 10.1.